The molecule has 24 heavy (non-hydrogen) atoms. The van der Waals surface area contributed by atoms with Crippen molar-refractivity contribution in [1.82, 2.24) is 0 Å². The molecule has 1 saturated heterocycles. The second-order valence-electron chi connectivity index (χ2n) is 6.69. The molecule has 0 unspecified atom stereocenters. The van der Waals surface area contributed by atoms with Gasteiger partial charge in [-0.1, -0.05) is 30.7 Å². The van der Waals surface area contributed by atoms with Gasteiger partial charge in [0.15, 0.2) is 5.79 Å². The number of esters is 1. The summed E-state index contributed by atoms with van der Waals surface area (Å²) in [5.74, 6) is -0.612. The average Bonchev–Trinajstić information content (AvgIpc) is 3.03. The first-order valence-corrected chi connectivity index (χ1v) is 8.87. The highest BCUT2D eigenvalue weighted by Gasteiger charge is 2.44. The van der Waals surface area contributed by atoms with Gasteiger partial charge in [-0.2, -0.15) is 0 Å². The molecule has 2 fully saturated rings. The Hall–Kier alpha value is -1.65. The lowest BCUT2D eigenvalue weighted by atomic mass is 9.94. The van der Waals surface area contributed by atoms with Gasteiger partial charge in [0.05, 0.1) is 24.9 Å². The highest BCUT2D eigenvalue weighted by molar-refractivity contribution is 5.89. The molecule has 4 heteroatoms. The van der Waals surface area contributed by atoms with E-state index in [1.807, 2.05) is 24.3 Å². The van der Waals surface area contributed by atoms with E-state index in [-0.39, 0.29) is 18.0 Å². The van der Waals surface area contributed by atoms with Crippen LogP contribution in [-0.2, 0) is 14.2 Å². The number of rotatable bonds is 6. The maximum absolute atomic E-state index is 12.1. The van der Waals surface area contributed by atoms with E-state index >= 15 is 0 Å². The van der Waals surface area contributed by atoms with Gasteiger partial charge in [-0.3, -0.25) is 0 Å². The molecule has 0 amide bonds. The van der Waals surface area contributed by atoms with Gasteiger partial charge < -0.3 is 14.2 Å². The minimum Gasteiger partial charge on any atom is -0.462 e. The van der Waals surface area contributed by atoms with Crippen LogP contribution in [0.3, 0.4) is 0 Å². The third-order valence-corrected chi connectivity index (χ3v) is 4.93. The molecule has 1 aliphatic heterocycles. The van der Waals surface area contributed by atoms with Gasteiger partial charge >= 0.3 is 5.97 Å². The van der Waals surface area contributed by atoms with E-state index in [9.17, 15) is 4.79 Å². The van der Waals surface area contributed by atoms with Crippen molar-refractivity contribution in [2.24, 2.45) is 5.92 Å². The number of ether oxygens (including phenoxy) is 3. The van der Waals surface area contributed by atoms with Crippen LogP contribution in [0.5, 0.6) is 0 Å². The molecule has 1 saturated carbocycles. The molecule has 2 atom stereocenters. The molecular weight excluding hydrogens is 304 g/mol. The van der Waals surface area contributed by atoms with Gasteiger partial charge in [0.1, 0.15) is 0 Å². The van der Waals surface area contributed by atoms with Crippen LogP contribution < -0.4 is 0 Å². The van der Waals surface area contributed by atoms with E-state index < -0.39 is 5.79 Å². The minimum absolute atomic E-state index is 0.0373. The second-order valence-corrected chi connectivity index (χ2v) is 6.69. The van der Waals surface area contributed by atoms with E-state index in [0.29, 0.717) is 18.8 Å². The van der Waals surface area contributed by atoms with Crippen molar-refractivity contribution >= 4 is 5.97 Å². The summed E-state index contributed by atoms with van der Waals surface area (Å²) < 4.78 is 17.8. The molecule has 0 aromatic heterocycles. The first-order valence-electron chi connectivity index (χ1n) is 8.87. The molecule has 4 nitrogen and oxygen atoms in total. The van der Waals surface area contributed by atoms with Gasteiger partial charge in [0.2, 0.25) is 0 Å². The fourth-order valence-electron chi connectivity index (χ4n) is 3.54. The molecule has 130 valence electrons. The van der Waals surface area contributed by atoms with E-state index in [4.69, 9.17) is 14.2 Å². The van der Waals surface area contributed by atoms with Crippen molar-refractivity contribution in [2.75, 3.05) is 13.2 Å². The van der Waals surface area contributed by atoms with Crippen LogP contribution in [0.2, 0.25) is 0 Å². The van der Waals surface area contributed by atoms with E-state index in [2.05, 4.69) is 6.58 Å². The third kappa shape index (κ3) is 4.05. The van der Waals surface area contributed by atoms with Crippen molar-refractivity contribution in [3.8, 4) is 0 Å². The first-order chi connectivity index (χ1) is 11.7. The van der Waals surface area contributed by atoms with Gasteiger partial charge in [-0.15, -0.1) is 6.58 Å². The van der Waals surface area contributed by atoms with Crippen LogP contribution in [0, 0.1) is 5.92 Å². The monoisotopic (exact) mass is 330 g/mol. The summed E-state index contributed by atoms with van der Waals surface area (Å²) in [7, 11) is 0. The zero-order chi connectivity index (χ0) is 16.8. The fraction of sp³-hybridized carbons (Fsp3) is 0.550. The predicted octanol–water partition coefficient (Wildman–Crippen LogP) is 4.11. The SMILES string of the molecule is C=CC[C@@H](COC(=O)c1ccccc1)[C@@H]1COC2(CCCCC2)O1. The number of benzene rings is 1. The molecular formula is C20H26O4. The fourth-order valence-corrected chi connectivity index (χ4v) is 3.54. The molecule has 0 N–H and O–H groups in total. The third-order valence-electron chi connectivity index (χ3n) is 4.93. The zero-order valence-corrected chi connectivity index (χ0v) is 14.1. The van der Waals surface area contributed by atoms with Crippen LogP contribution in [0.4, 0.5) is 0 Å². The summed E-state index contributed by atoms with van der Waals surface area (Å²) >= 11 is 0. The second kappa shape index (κ2) is 7.95. The molecule has 2 aliphatic rings. The maximum atomic E-state index is 12.1. The topological polar surface area (TPSA) is 44.8 Å². The zero-order valence-electron chi connectivity index (χ0n) is 14.1. The molecule has 1 aliphatic carbocycles. The first kappa shape index (κ1) is 17.2. The normalized spacial score (nSPS) is 23.8. The van der Waals surface area contributed by atoms with Gasteiger partial charge in [0, 0.05) is 18.8 Å². The van der Waals surface area contributed by atoms with Crippen molar-refractivity contribution in [3.63, 3.8) is 0 Å². The Morgan fingerprint density at radius 1 is 1.29 bits per heavy atom. The van der Waals surface area contributed by atoms with Crippen molar-refractivity contribution in [3.05, 3.63) is 48.6 Å². The lowest BCUT2D eigenvalue weighted by molar-refractivity contribution is -0.192. The summed E-state index contributed by atoms with van der Waals surface area (Å²) in [6.45, 7) is 4.72. The lowest BCUT2D eigenvalue weighted by Crippen LogP contribution is -2.35. The molecule has 1 aromatic carbocycles. The highest BCUT2D eigenvalue weighted by Crippen LogP contribution is 2.39. The molecule has 1 aromatic rings. The van der Waals surface area contributed by atoms with Crippen LogP contribution >= 0.6 is 0 Å². The molecule has 3 rings (SSSR count). The van der Waals surface area contributed by atoms with Crippen LogP contribution in [0.15, 0.2) is 43.0 Å². The highest BCUT2D eigenvalue weighted by atomic mass is 16.7. The van der Waals surface area contributed by atoms with Gasteiger partial charge in [0.25, 0.3) is 0 Å². The molecule has 1 heterocycles. The standard InChI is InChI=1S/C20H26O4/c1-2-9-17(14-22-19(21)16-10-5-3-6-11-16)18-15-23-20(24-18)12-7-4-8-13-20/h2-3,5-6,10-11,17-18H,1,4,7-9,12-15H2/t17-,18-/m0/s1. The minimum atomic E-state index is -0.397. The summed E-state index contributed by atoms with van der Waals surface area (Å²) in [6.07, 6.45) is 8.06. The molecule has 0 bridgehead atoms. The van der Waals surface area contributed by atoms with Crippen LogP contribution in [0.1, 0.15) is 48.9 Å². The molecule has 1 spiro atoms. The largest absolute Gasteiger partial charge is 0.462 e. The smallest absolute Gasteiger partial charge is 0.338 e. The average molecular weight is 330 g/mol. The van der Waals surface area contributed by atoms with E-state index in [0.717, 1.165) is 32.1 Å². The number of hydrogen-bond donors (Lipinski definition) is 0. The summed E-state index contributed by atoms with van der Waals surface area (Å²) in [5.41, 5.74) is 0.571. The Kier molecular flexibility index (Phi) is 5.69. The van der Waals surface area contributed by atoms with Crippen LogP contribution in [-0.4, -0.2) is 31.1 Å². The summed E-state index contributed by atoms with van der Waals surface area (Å²) in [4.78, 5) is 12.1. The van der Waals surface area contributed by atoms with Crippen LogP contribution in [0.25, 0.3) is 0 Å². The maximum Gasteiger partial charge on any atom is 0.338 e. The number of hydrogen-bond acceptors (Lipinski definition) is 4. The quantitative estimate of drug-likeness (QED) is 0.581. The predicted molar refractivity (Wildman–Crippen MR) is 91.7 cm³/mol. The van der Waals surface area contributed by atoms with Gasteiger partial charge in [-0.25, -0.2) is 4.79 Å². The summed E-state index contributed by atoms with van der Waals surface area (Å²) in [5, 5.41) is 0. The Morgan fingerprint density at radius 3 is 2.75 bits per heavy atom. The lowest BCUT2D eigenvalue weighted by Gasteiger charge is -2.32. The van der Waals surface area contributed by atoms with Crippen molar-refractivity contribution in [2.45, 2.75) is 50.4 Å². The number of carbonyl (C=O) groups is 1. The summed E-state index contributed by atoms with van der Waals surface area (Å²) in [6, 6.07) is 9.07. The Balaban J connectivity index is 1.57. The molecule has 0 radical (unpaired) electrons. The van der Waals surface area contributed by atoms with Crippen molar-refractivity contribution in [1.29, 1.82) is 0 Å². The number of allylic oxidation sites excluding steroid dienone is 1. The van der Waals surface area contributed by atoms with Crippen molar-refractivity contribution < 1.29 is 19.0 Å². The van der Waals surface area contributed by atoms with Gasteiger partial charge in [-0.05, 0) is 31.4 Å². The van der Waals surface area contributed by atoms with E-state index in [1.165, 1.54) is 6.42 Å². The Bertz CT molecular complexity index is 548. The Morgan fingerprint density at radius 2 is 2.04 bits per heavy atom. The number of carbonyl (C=O) groups excluding carboxylic acids is 1. The van der Waals surface area contributed by atoms with E-state index in [1.54, 1.807) is 12.1 Å². The Labute approximate surface area is 143 Å².